The Kier molecular flexibility index (Phi) is 5.86. The normalized spacial score (nSPS) is 12.4. The molecule has 1 unspecified atom stereocenters. The number of hydrogen-bond acceptors (Lipinski definition) is 2. The molecule has 0 heterocycles. The van der Waals surface area contributed by atoms with Gasteiger partial charge in [-0.05, 0) is 45.0 Å². The van der Waals surface area contributed by atoms with Crippen LogP contribution in [-0.2, 0) is 0 Å². The van der Waals surface area contributed by atoms with Crippen LogP contribution < -0.4 is 10.1 Å². The number of ether oxygens (including phenoxy) is 1. The van der Waals surface area contributed by atoms with E-state index in [9.17, 15) is 4.39 Å². The lowest BCUT2D eigenvalue weighted by Gasteiger charge is -2.15. The average Bonchev–Trinajstić information content (AvgIpc) is 2.28. The van der Waals surface area contributed by atoms with Crippen LogP contribution in [0.15, 0.2) is 24.3 Å². The lowest BCUT2D eigenvalue weighted by atomic mass is 10.2. The summed E-state index contributed by atoms with van der Waals surface area (Å²) in [6.45, 7) is 6.03. The van der Waals surface area contributed by atoms with Gasteiger partial charge in [0, 0.05) is 0 Å². The van der Waals surface area contributed by atoms with Crippen LogP contribution in [0.3, 0.4) is 0 Å². The fourth-order valence-corrected chi connectivity index (χ4v) is 1.51. The summed E-state index contributed by atoms with van der Waals surface area (Å²) in [5, 5.41) is 3.25. The van der Waals surface area contributed by atoms with E-state index in [1.807, 2.05) is 6.92 Å². The molecule has 2 nitrogen and oxygen atoms in total. The molecule has 1 aromatic rings. The highest BCUT2D eigenvalue weighted by molar-refractivity contribution is 5.23. The summed E-state index contributed by atoms with van der Waals surface area (Å²) < 4.78 is 18.8. The van der Waals surface area contributed by atoms with Gasteiger partial charge in [-0.2, -0.15) is 0 Å². The maximum Gasteiger partial charge on any atom is 0.165 e. The molecular formula is C13H20FNO. The second-order valence-corrected chi connectivity index (χ2v) is 3.85. The van der Waals surface area contributed by atoms with Crippen LogP contribution in [0.25, 0.3) is 0 Å². The molecule has 0 radical (unpaired) electrons. The second-order valence-electron chi connectivity index (χ2n) is 3.85. The molecule has 16 heavy (non-hydrogen) atoms. The van der Waals surface area contributed by atoms with Crippen molar-refractivity contribution in [3.8, 4) is 5.75 Å². The summed E-state index contributed by atoms with van der Waals surface area (Å²) in [7, 11) is 0. The summed E-state index contributed by atoms with van der Waals surface area (Å²) in [5.41, 5.74) is 0. The Balaban J connectivity index is 2.28. The van der Waals surface area contributed by atoms with Gasteiger partial charge in [0.1, 0.15) is 0 Å². The van der Waals surface area contributed by atoms with E-state index in [0.717, 1.165) is 25.9 Å². The Labute approximate surface area is 96.8 Å². The first-order valence-corrected chi connectivity index (χ1v) is 5.86. The van der Waals surface area contributed by atoms with Crippen LogP contribution in [0.2, 0.25) is 0 Å². The topological polar surface area (TPSA) is 21.3 Å². The van der Waals surface area contributed by atoms with Crippen molar-refractivity contribution in [2.45, 2.75) is 32.8 Å². The molecule has 0 bridgehead atoms. The van der Waals surface area contributed by atoms with E-state index in [1.54, 1.807) is 18.2 Å². The molecule has 0 aliphatic heterocycles. The summed E-state index contributed by atoms with van der Waals surface area (Å²) in [6, 6.07) is 6.53. The number of nitrogens with one attached hydrogen (secondary N) is 1. The van der Waals surface area contributed by atoms with Gasteiger partial charge >= 0.3 is 0 Å². The van der Waals surface area contributed by atoms with Crippen LogP contribution in [0.1, 0.15) is 26.7 Å². The van der Waals surface area contributed by atoms with E-state index < -0.39 is 0 Å². The van der Waals surface area contributed by atoms with Crippen LogP contribution in [0, 0.1) is 5.82 Å². The molecule has 1 N–H and O–H groups in total. The summed E-state index contributed by atoms with van der Waals surface area (Å²) >= 11 is 0. The first-order chi connectivity index (χ1) is 7.74. The second kappa shape index (κ2) is 7.23. The molecule has 1 rings (SSSR count). The maximum atomic E-state index is 13.3. The average molecular weight is 225 g/mol. The van der Waals surface area contributed by atoms with Crippen molar-refractivity contribution in [2.75, 3.05) is 13.1 Å². The van der Waals surface area contributed by atoms with Crippen molar-refractivity contribution in [1.29, 1.82) is 0 Å². The first-order valence-electron chi connectivity index (χ1n) is 5.86. The predicted molar refractivity (Wildman–Crippen MR) is 64.3 cm³/mol. The minimum absolute atomic E-state index is 0.0514. The Hall–Kier alpha value is -1.09. The minimum Gasteiger partial charge on any atom is -0.488 e. The molecule has 0 fully saturated rings. The molecule has 90 valence electrons. The standard InChI is InChI=1S/C13H20FNO/c1-3-15-10-6-7-11(2)16-13-9-5-4-8-12(13)14/h4-5,8-9,11,15H,3,6-7,10H2,1-2H3. The van der Waals surface area contributed by atoms with Gasteiger partial charge in [0.15, 0.2) is 11.6 Å². The zero-order valence-corrected chi connectivity index (χ0v) is 10.0. The minimum atomic E-state index is -0.291. The van der Waals surface area contributed by atoms with Gasteiger partial charge in [-0.25, -0.2) is 4.39 Å². The molecule has 1 atom stereocenters. The Bertz CT molecular complexity index is 304. The van der Waals surface area contributed by atoms with E-state index in [-0.39, 0.29) is 11.9 Å². The first kappa shape index (κ1) is 13.0. The number of halogens is 1. The summed E-state index contributed by atoms with van der Waals surface area (Å²) in [4.78, 5) is 0. The lowest BCUT2D eigenvalue weighted by molar-refractivity contribution is 0.198. The summed E-state index contributed by atoms with van der Waals surface area (Å²) in [6.07, 6.45) is 2.03. The molecule has 1 aromatic carbocycles. The molecule has 0 spiro atoms. The van der Waals surface area contributed by atoms with Crippen LogP contribution in [0.4, 0.5) is 4.39 Å². The van der Waals surface area contributed by atoms with Gasteiger partial charge in [-0.3, -0.25) is 0 Å². The predicted octanol–water partition coefficient (Wildman–Crippen LogP) is 2.98. The van der Waals surface area contributed by atoms with Gasteiger partial charge < -0.3 is 10.1 Å². The fourth-order valence-electron chi connectivity index (χ4n) is 1.51. The van der Waals surface area contributed by atoms with Crippen molar-refractivity contribution >= 4 is 0 Å². The number of para-hydroxylation sites is 1. The SMILES string of the molecule is CCNCCCC(C)Oc1ccccc1F. The quantitative estimate of drug-likeness (QED) is 0.720. The highest BCUT2D eigenvalue weighted by Crippen LogP contribution is 2.18. The Morgan fingerprint density at radius 1 is 1.38 bits per heavy atom. The molecule has 0 aromatic heterocycles. The van der Waals surface area contributed by atoms with Crippen LogP contribution >= 0.6 is 0 Å². The van der Waals surface area contributed by atoms with Gasteiger partial charge in [-0.15, -0.1) is 0 Å². The fraction of sp³-hybridized carbons (Fsp3) is 0.538. The van der Waals surface area contributed by atoms with Crippen LogP contribution in [0.5, 0.6) is 5.75 Å². The number of benzene rings is 1. The smallest absolute Gasteiger partial charge is 0.165 e. The monoisotopic (exact) mass is 225 g/mol. The largest absolute Gasteiger partial charge is 0.488 e. The molecular weight excluding hydrogens is 205 g/mol. The van der Waals surface area contributed by atoms with Crippen molar-refractivity contribution in [3.05, 3.63) is 30.1 Å². The lowest BCUT2D eigenvalue weighted by Crippen LogP contribution is -2.18. The summed E-state index contributed by atoms with van der Waals surface area (Å²) in [5.74, 6) is 0.0551. The van der Waals surface area contributed by atoms with Crippen LogP contribution in [-0.4, -0.2) is 19.2 Å². The van der Waals surface area contributed by atoms with Gasteiger partial charge in [0.25, 0.3) is 0 Å². The van der Waals surface area contributed by atoms with E-state index >= 15 is 0 Å². The Morgan fingerprint density at radius 2 is 2.12 bits per heavy atom. The third-order valence-corrected chi connectivity index (χ3v) is 2.38. The molecule has 0 amide bonds. The van der Waals surface area contributed by atoms with Gasteiger partial charge in [0.05, 0.1) is 6.10 Å². The molecule has 3 heteroatoms. The number of rotatable bonds is 7. The zero-order valence-electron chi connectivity index (χ0n) is 10.0. The van der Waals surface area contributed by atoms with Gasteiger partial charge in [0.2, 0.25) is 0 Å². The third-order valence-electron chi connectivity index (χ3n) is 2.38. The molecule has 0 saturated carbocycles. The van der Waals surface area contributed by atoms with E-state index in [0.29, 0.717) is 5.75 Å². The highest BCUT2D eigenvalue weighted by Gasteiger charge is 2.07. The number of hydrogen-bond donors (Lipinski definition) is 1. The maximum absolute atomic E-state index is 13.3. The van der Waals surface area contributed by atoms with Crippen molar-refractivity contribution in [2.24, 2.45) is 0 Å². The Morgan fingerprint density at radius 3 is 2.81 bits per heavy atom. The molecule has 0 aliphatic rings. The van der Waals surface area contributed by atoms with E-state index in [4.69, 9.17) is 4.74 Å². The third kappa shape index (κ3) is 4.62. The highest BCUT2D eigenvalue weighted by atomic mass is 19.1. The zero-order chi connectivity index (χ0) is 11.8. The van der Waals surface area contributed by atoms with Crippen molar-refractivity contribution in [1.82, 2.24) is 5.32 Å². The van der Waals surface area contributed by atoms with Crippen molar-refractivity contribution < 1.29 is 9.13 Å². The van der Waals surface area contributed by atoms with Crippen molar-refractivity contribution in [3.63, 3.8) is 0 Å². The van der Waals surface area contributed by atoms with E-state index in [2.05, 4.69) is 12.2 Å². The molecule has 0 aliphatic carbocycles. The van der Waals surface area contributed by atoms with E-state index in [1.165, 1.54) is 6.07 Å². The molecule has 0 saturated heterocycles. The van der Waals surface area contributed by atoms with Gasteiger partial charge in [-0.1, -0.05) is 19.1 Å².